The molecular weight excluding hydrogens is 256 g/mol. The minimum absolute atomic E-state index is 0.0567. The van der Waals surface area contributed by atoms with Crippen LogP contribution in [0, 0.1) is 0 Å². The number of ether oxygens (including phenoxy) is 1. The van der Waals surface area contributed by atoms with Crippen molar-refractivity contribution in [2.45, 2.75) is 32.6 Å². The second-order valence-corrected chi connectivity index (χ2v) is 4.42. The van der Waals surface area contributed by atoms with Gasteiger partial charge in [0.2, 0.25) is 0 Å². The number of ketones is 1. The Hall–Kier alpha value is -2.10. The fourth-order valence-electron chi connectivity index (χ4n) is 1.66. The predicted molar refractivity (Wildman–Crippen MR) is 76.7 cm³/mol. The summed E-state index contributed by atoms with van der Waals surface area (Å²) in [5.74, 6) is -0.623. The van der Waals surface area contributed by atoms with Crippen molar-refractivity contribution in [2.24, 2.45) is 0 Å². The number of phenols is 1. The number of carbonyl (C=O) groups excluding carboxylic acids is 2. The Bertz CT molecular complexity index is 477. The summed E-state index contributed by atoms with van der Waals surface area (Å²) in [6.45, 7) is 2.14. The number of para-hydroxylation sites is 1. The number of allylic oxidation sites excluding steroid dienone is 1. The van der Waals surface area contributed by atoms with Gasteiger partial charge in [0, 0.05) is 6.42 Å². The van der Waals surface area contributed by atoms with E-state index in [1.165, 1.54) is 18.2 Å². The summed E-state index contributed by atoms with van der Waals surface area (Å²) in [5, 5.41) is 9.51. The summed E-state index contributed by atoms with van der Waals surface area (Å²) in [6, 6.07) is 6.32. The Labute approximate surface area is 119 Å². The average molecular weight is 276 g/mol. The number of aromatic hydroxyl groups is 1. The third kappa shape index (κ3) is 5.69. The molecule has 0 saturated carbocycles. The van der Waals surface area contributed by atoms with Gasteiger partial charge in [-0.05, 0) is 30.7 Å². The highest BCUT2D eigenvalue weighted by Crippen LogP contribution is 2.16. The van der Waals surface area contributed by atoms with Crippen LogP contribution in [0.25, 0.3) is 0 Å². The van der Waals surface area contributed by atoms with Crippen LogP contribution in [0.5, 0.6) is 5.75 Å². The van der Waals surface area contributed by atoms with Gasteiger partial charge in [0.25, 0.3) is 0 Å². The molecule has 0 aromatic heterocycles. The van der Waals surface area contributed by atoms with E-state index in [-0.39, 0.29) is 29.7 Å². The standard InChI is InChI=1S/C16H20O4/c1-2-3-4-11-16(19)20-12-7-10-15(18)13-8-5-6-9-14(13)17/h5-10,17H,2-4,11-12H2,1H3/b10-7+. The van der Waals surface area contributed by atoms with Gasteiger partial charge in [-0.1, -0.05) is 31.9 Å². The molecule has 0 unspecified atom stereocenters. The van der Waals surface area contributed by atoms with E-state index in [4.69, 9.17) is 4.74 Å². The number of hydrogen-bond acceptors (Lipinski definition) is 4. The largest absolute Gasteiger partial charge is 0.507 e. The molecule has 0 aliphatic rings. The normalized spacial score (nSPS) is 10.7. The lowest BCUT2D eigenvalue weighted by Crippen LogP contribution is -2.04. The average Bonchev–Trinajstić information content (AvgIpc) is 2.44. The molecule has 4 heteroatoms. The zero-order chi connectivity index (χ0) is 14.8. The number of unbranched alkanes of at least 4 members (excludes halogenated alkanes) is 2. The van der Waals surface area contributed by atoms with E-state index in [9.17, 15) is 14.7 Å². The van der Waals surface area contributed by atoms with E-state index in [2.05, 4.69) is 6.92 Å². The highest BCUT2D eigenvalue weighted by molar-refractivity contribution is 6.06. The first-order valence-electron chi connectivity index (χ1n) is 6.79. The van der Waals surface area contributed by atoms with Gasteiger partial charge in [0.15, 0.2) is 5.78 Å². The molecule has 0 aliphatic heterocycles. The van der Waals surface area contributed by atoms with Crippen molar-refractivity contribution < 1.29 is 19.4 Å². The van der Waals surface area contributed by atoms with Crippen LogP contribution >= 0.6 is 0 Å². The zero-order valence-electron chi connectivity index (χ0n) is 11.7. The summed E-state index contributed by atoms with van der Waals surface area (Å²) < 4.78 is 4.96. The molecule has 0 radical (unpaired) electrons. The summed E-state index contributed by atoms with van der Waals surface area (Å²) in [4.78, 5) is 23.0. The van der Waals surface area contributed by atoms with E-state index in [1.54, 1.807) is 18.2 Å². The molecule has 0 bridgehead atoms. The number of benzene rings is 1. The van der Waals surface area contributed by atoms with Crippen molar-refractivity contribution >= 4 is 11.8 Å². The van der Waals surface area contributed by atoms with E-state index in [0.717, 1.165) is 19.3 Å². The van der Waals surface area contributed by atoms with Crippen LogP contribution in [0.3, 0.4) is 0 Å². The van der Waals surface area contributed by atoms with Crippen LogP contribution in [0.15, 0.2) is 36.4 Å². The Morgan fingerprint density at radius 2 is 2.00 bits per heavy atom. The third-order valence-electron chi connectivity index (χ3n) is 2.76. The van der Waals surface area contributed by atoms with E-state index in [1.807, 2.05) is 0 Å². The lowest BCUT2D eigenvalue weighted by Gasteiger charge is -2.01. The van der Waals surface area contributed by atoms with E-state index >= 15 is 0 Å². The molecule has 0 saturated heterocycles. The molecule has 1 aromatic rings. The molecule has 108 valence electrons. The maximum absolute atomic E-state index is 11.7. The molecule has 1 rings (SSSR count). The molecule has 0 spiro atoms. The van der Waals surface area contributed by atoms with Gasteiger partial charge in [-0.2, -0.15) is 0 Å². The molecule has 0 fully saturated rings. The van der Waals surface area contributed by atoms with Gasteiger partial charge in [-0.15, -0.1) is 0 Å². The molecule has 0 aliphatic carbocycles. The maximum Gasteiger partial charge on any atom is 0.306 e. The number of hydrogen-bond donors (Lipinski definition) is 1. The van der Waals surface area contributed by atoms with Gasteiger partial charge >= 0.3 is 5.97 Å². The van der Waals surface area contributed by atoms with Gasteiger partial charge in [0.05, 0.1) is 5.56 Å². The van der Waals surface area contributed by atoms with Crippen molar-refractivity contribution in [2.75, 3.05) is 6.61 Å². The smallest absolute Gasteiger partial charge is 0.306 e. The third-order valence-corrected chi connectivity index (χ3v) is 2.76. The Morgan fingerprint density at radius 3 is 2.70 bits per heavy atom. The Kier molecular flexibility index (Phi) is 7.11. The first kappa shape index (κ1) is 16.0. The van der Waals surface area contributed by atoms with E-state index in [0.29, 0.717) is 6.42 Å². The molecule has 20 heavy (non-hydrogen) atoms. The van der Waals surface area contributed by atoms with Gasteiger partial charge in [-0.25, -0.2) is 0 Å². The summed E-state index contributed by atoms with van der Waals surface area (Å²) in [5.41, 5.74) is 0.234. The first-order chi connectivity index (χ1) is 9.65. The predicted octanol–water partition coefficient (Wildman–Crippen LogP) is 3.25. The van der Waals surface area contributed by atoms with Crippen molar-refractivity contribution in [3.05, 3.63) is 42.0 Å². The second kappa shape index (κ2) is 8.91. The Balaban J connectivity index is 2.33. The van der Waals surface area contributed by atoms with Crippen molar-refractivity contribution in [1.29, 1.82) is 0 Å². The number of esters is 1. The van der Waals surface area contributed by atoms with Crippen molar-refractivity contribution in [3.63, 3.8) is 0 Å². The minimum Gasteiger partial charge on any atom is -0.507 e. The molecule has 0 atom stereocenters. The number of phenolic OH excluding ortho intramolecular Hbond substituents is 1. The topological polar surface area (TPSA) is 63.6 Å². The van der Waals surface area contributed by atoms with Gasteiger partial charge < -0.3 is 9.84 Å². The van der Waals surface area contributed by atoms with Crippen LogP contribution in [-0.2, 0) is 9.53 Å². The molecule has 1 aromatic carbocycles. The van der Waals surface area contributed by atoms with Crippen LogP contribution in [-0.4, -0.2) is 23.5 Å². The quantitative estimate of drug-likeness (QED) is 0.342. The maximum atomic E-state index is 11.7. The molecular formula is C16H20O4. The molecule has 1 N–H and O–H groups in total. The zero-order valence-corrected chi connectivity index (χ0v) is 11.7. The van der Waals surface area contributed by atoms with Crippen LogP contribution in [0.2, 0.25) is 0 Å². The molecule has 0 heterocycles. The Morgan fingerprint density at radius 1 is 1.25 bits per heavy atom. The lowest BCUT2D eigenvalue weighted by atomic mass is 10.1. The SMILES string of the molecule is CCCCCC(=O)OC/C=C/C(=O)c1ccccc1O. The summed E-state index contributed by atoms with van der Waals surface area (Å²) in [6.07, 6.45) is 6.09. The van der Waals surface area contributed by atoms with Crippen molar-refractivity contribution in [1.82, 2.24) is 0 Å². The highest BCUT2D eigenvalue weighted by atomic mass is 16.5. The number of rotatable bonds is 8. The van der Waals surface area contributed by atoms with Crippen LogP contribution in [0.4, 0.5) is 0 Å². The fourth-order valence-corrected chi connectivity index (χ4v) is 1.66. The highest BCUT2D eigenvalue weighted by Gasteiger charge is 2.06. The summed E-state index contributed by atoms with van der Waals surface area (Å²) >= 11 is 0. The van der Waals surface area contributed by atoms with Crippen molar-refractivity contribution in [3.8, 4) is 5.75 Å². The van der Waals surface area contributed by atoms with Crippen LogP contribution in [0.1, 0.15) is 43.0 Å². The lowest BCUT2D eigenvalue weighted by molar-refractivity contribution is -0.142. The van der Waals surface area contributed by atoms with Crippen LogP contribution < -0.4 is 0 Å². The molecule has 4 nitrogen and oxygen atoms in total. The monoisotopic (exact) mass is 276 g/mol. The molecule has 0 amide bonds. The van der Waals surface area contributed by atoms with Gasteiger partial charge in [-0.3, -0.25) is 9.59 Å². The second-order valence-electron chi connectivity index (χ2n) is 4.42. The van der Waals surface area contributed by atoms with Gasteiger partial charge in [0.1, 0.15) is 12.4 Å². The number of carbonyl (C=O) groups is 2. The fraction of sp³-hybridized carbons (Fsp3) is 0.375. The first-order valence-corrected chi connectivity index (χ1v) is 6.79. The van der Waals surface area contributed by atoms with E-state index < -0.39 is 0 Å². The summed E-state index contributed by atoms with van der Waals surface area (Å²) in [7, 11) is 0. The minimum atomic E-state index is -0.315.